The Labute approximate surface area is 250 Å². The SMILES string of the molecule is COC(=O)C(Cc1ccc(-c2cc(C(F)(F)F)cc(C(F)(F)F)c2)cc1)NC(=O)c1ccc(O)c(-c2ccc(F)c(Cl)c2)c1. The topological polar surface area (TPSA) is 75.6 Å². The molecule has 44 heavy (non-hydrogen) atoms. The highest BCUT2D eigenvalue weighted by molar-refractivity contribution is 6.31. The first-order valence-corrected chi connectivity index (χ1v) is 13.0. The third kappa shape index (κ3) is 7.49. The minimum atomic E-state index is -5.01. The zero-order valence-corrected chi connectivity index (χ0v) is 23.2. The zero-order chi connectivity index (χ0) is 32.4. The molecular weight excluding hydrogens is 619 g/mol. The van der Waals surface area contributed by atoms with E-state index in [9.17, 15) is 45.4 Å². The second kappa shape index (κ2) is 12.6. The average molecular weight is 640 g/mol. The van der Waals surface area contributed by atoms with E-state index < -0.39 is 47.2 Å². The van der Waals surface area contributed by atoms with E-state index in [1.165, 1.54) is 54.6 Å². The molecule has 0 aliphatic carbocycles. The first-order valence-electron chi connectivity index (χ1n) is 12.6. The van der Waals surface area contributed by atoms with Gasteiger partial charge in [0.25, 0.3) is 5.91 Å². The molecule has 0 bridgehead atoms. The summed E-state index contributed by atoms with van der Waals surface area (Å²) in [5.41, 5.74) is -2.28. The highest BCUT2D eigenvalue weighted by Crippen LogP contribution is 2.39. The molecule has 5 nitrogen and oxygen atoms in total. The van der Waals surface area contributed by atoms with Crippen LogP contribution in [0.1, 0.15) is 27.0 Å². The van der Waals surface area contributed by atoms with Crippen molar-refractivity contribution in [1.29, 1.82) is 0 Å². The van der Waals surface area contributed by atoms with Gasteiger partial charge >= 0.3 is 18.3 Å². The van der Waals surface area contributed by atoms with Crippen LogP contribution in [0.3, 0.4) is 0 Å². The Balaban J connectivity index is 1.57. The molecule has 0 saturated carbocycles. The van der Waals surface area contributed by atoms with E-state index in [0.29, 0.717) is 23.3 Å². The number of alkyl halides is 6. The van der Waals surface area contributed by atoms with E-state index in [-0.39, 0.29) is 45.5 Å². The second-order valence-electron chi connectivity index (χ2n) is 9.61. The fourth-order valence-electron chi connectivity index (χ4n) is 4.34. The summed E-state index contributed by atoms with van der Waals surface area (Å²) in [4.78, 5) is 25.6. The van der Waals surface area contributed by atoms with Gasteiger partial charge in [-0.25, -0.2) is 9.18 Å². The number of halogens is 8. The summed E-state index contributed by atoms with van der Waals surface area (Å²) in [5, 5.41) is 12.6. The first-order chi connectivity index (χ1) is 20.6. The monoisotopic (exact) mass is 639 g/mol. The minimum absolute atomic E-state index is 0.0208. The highest BCUT2D eigenvalue weighted by Gasteiger charge is 2.37. The van der Waals surface area contributed by atoms with Gasteiger partial charge < -0.3 is 15.2 Å². The molecule has 1 atom stereocenters. The molecule has 0 saturated heterocycles. The molecule has 0 aromatic heterocycles. The number of esters is 1. The van der Waals surface area contributed by atoms with E-state index in [4.69, 9.17) is 16.3 Å². The number of ether oxygens (including phenoxy) is 1. The lowest BCUT2D eigenvalue weighted by Crippen LogP contribution is -2.43. The predicted molar refractivity (Wildman–Crippen MR) is 147 cm³/mol. The van der Waals surface area contributed by atoms with Gasteiger partial charge in [-0.15, -0.1) is 0 Å². The Kier molecular flexibility index (Phi) is 9.24. The van der Waals surface area contributed by atoms with Crippen LogP contribution in [0.2, 0.25) is 5.02 Å². The van der Waals surface area contributed by atoms with Crippen LogP contribution in [-0.4, -0.2) is 30.1 Å². The quantitative estimate of drug-likeness (QED) is 0.158. The summed E-state index contributed by atoms with van der Waals surface area (Å²) in [6.07, 6.45) is -10.2. The summed E-state index contributed by atoms with van der Waals surface area (Å²) in [6, 6.07) is 12.9. The molecule has 230 valence electrons. The second-order valence-corrected chi connectivity index (χ2v) is 10.0. The van der Waals surface area contributed by atoms with Crippen molar-refractivity contribution < 1.29 is 50.2 Å². The Hall–Kier alpha value is -4.58. The largest absolute Gasteiger partial charge is 0.507 e. The van der Waals surface area contributed by atoms with Gasteiger partial charge in [0.2, 0.25) is 0 Å². The molecule has 0 heterocycles. The normalized spacial score (nSPS) is 12.5. The minimum Gasteiger partial charge on any atom is -0.507 e. The van der Waals surface area contributed by atoms with Crippen molar-refractivity contribution in [2.75, 3.05) is 7.11 Å². The molecule has 4 aromatic carbocycles. The molecule has 0 spiro atoms. The molecule has 0 radical (unpaired) electrons. The number of methoxy groups -OCH3 is 1. The number of aromatic hydroxyl groups is 1. The molecule has 2 N–H and O–H groups in total. The number of phenolic OH excluding ortho intramolecular Hbond substituents is 1. The van der Waals surface area contributed by atoms with E-state index in [1.807, 2.05) is 0 Å². The van der Waals surface area contributed by atoms with Gasteiger partial charge in [-0.3, -0.25) is 4.79 Å². The average Bonchev–Trinajstić information content (AvgIpc) is 2.97. The third-order valence-corrected chi connectivity index (χ3v) is 6.88. The van der Waals surface area contributed by atoms with Crippen molar-refractivity contribution in [3.05, 3.63) is 112 Å². The molecule has 4 aromatic rings. The number of carbonyl (C=O) groups is 2. The van der Waals surface area contributed by atoms with Crippen LogP contribution in [0.5, 0.6) is 5.75 Å². The lowest BCUT2D eigenvalue weighted by atomic mass is 9.97. The molecule has 4 rings (SSSR count). The van der Waals surface area contributed by atoms with Crippen molar-refractivity contribution in [1.82, 2.24) is 5.32 Å². The van der Waals surface area contributed by atoms with Crippen LogP contribution in [0.4, 0.5) is 30.7 Å². The third-order valence-electron chi connectivity index (χ3n) is 6.60. The molecule has 0 fully saturated rings. The Morgan fingerprint density at radius 2 is 1.41 bits per heavy atom. The van der Waals surface area contributed by atoms with Gasteiger partial charge in [-0.1, -0.05) is 41.9 Å². The molecular formula is C31H21ClF7NO4. The number of rotatable bonds is 7. The summed E-state index contributed by atoms with van der Waals surface area (Å²) >= 11 is 5.83. The van der Waals surface area contributed by atoms with Crippen LogP contribution in [0.25, 0.3) is 22.3 Å². The van der Waals surface area contributed by atoms with Crippen molar-refractivity contribution in [2.45, 2.75) is 24.8 Å². The summed E-state index contributed by atoms with van der Waals surface area (Å²) in [5.74, 6) is -2.48. The van der Waals surface area contributed by atoms with Crippen LogP contribution in [0, 0.1) is 5.82 Å². The van der Waals surface area contributed by atoms with E-state index >= 15 is 0 Å². The Morgan fingerprint density at radius 1 is 0.818 bits per heavy atom. The number of benzene rings is 4. The van der Waals surface area contributed by atoms with E-state index in [0.717, 1.165) is 13.2 Å². The molecule has 13 heteroatoms. The van der Waals surface area contributed by atoms with Crippen LogP contribution in [0.15, 0.2) is 78.9 Å². The zero-order valence-electron chi connectivity index (χ0n) is 22.5. The van der Waals surface area contributed by atoms with Gasteiger partial charge in [0.15, 0.2) is 0 Å². The fraction of sp³-hybridized carbons (Fsp3) is 0.161. The number of carbonyl (C=O) groups excluding carboxylic acids is 2. The maximum Gasteiger partial charge on any atom is 0.416 e. The first kappa shape index (κ1) is 32.3. The van der Waals surface area contributed by atoms with Gasteiger partial charge in [0.05, 0.1) is 23.3 Å². The maximum atomic E-state index is 13.6. The van der Waals surface area contributed by atoms with Crippen molar-refractivity contribution in [3.63, 3.8) is 0 Å². The molecule has 1 amide bonds. The summed E-state index contributed by atoms with van der Waals surface area (Å²) < 4.78 is 98.0. The number of hydrogen-bond acceptors (Lipinski definition) is 4. The molecule has 1 unspecified atom stereocenters. The molecule has 0 aliphatic heterocycles. The Morgan fingerprint density at radius 3 is 1.95 bits per heavy atom. The predicted octanol–water partition coefficient (Wildman–Crippen LogP) is 8.07. The van der Waals surface area contributed by atoms with Crippen molar-refractivity contribution >= 4 is 23.5 Å². The van der Waals surface area contributed by atoms with E-state index in [1.54, 1.807) is 0 Å². The lowest BCUT2D eigenvalue weighted by molar-refractivity contribution is -0.144. The van der Waals surface area contributed by atoms with Gasteiger partial charge in [0, 0.05) is 17.5 Å². The highest BCUT2D eigenvalue weighted by atomic mass is 35.5. The van der Waals surface area contributed by atoms with Crippen LogP contribution < -0.4 is 5.32 Å². The van der Waals surface area contributed by atoms with Crippen LogP contribution >= 0.6 is 11.6 Å². The number of hydrogen-bond donors (Lipinski definition) is 2. The van der Waals surface area contributed by atoms with Gasteiger partial charge in [-0.2, -0.15) is 26.3 Å². The maximum absolute atomic E-state index is 13.6. The number of amides is 1. The molecule has 0 aliphatic rings. The van der Waals surface area contributed by atoms with Gasteiger partial charge in [-0.05, 0) is 70.8 Å². The standard InChI is InChI=1S/C31H21ClF7NO4/c1-44-29(43)26(40-28(42)19-7-9-27(41)23(13-19)18-6-8-25(33)24(32)14-18)10-16-2-4-17(5-3-16)20-11-21(30(34,35)36)15-22(12-20)31(37,38)39/h2-9,11-15,26,41H,10H2,1H3,(H,40,42). The van der Waals surface area contributed by atoms with Crippen molar-refractivity contribution in [3.8, 4) is 28.0 Å². The number of phenols is 1. The van der Waals surface area contributed by atoms with Crippen LogP contribution in [-0.2, 0) is 28.3 Å². The van der Waals surface area contributed by atoms with Crippen molar-refractivity contribution in [2.24, 2.45) is 0 Å². The number of nitrogens with one attached hydrogen (secondary N) is 1. The van der Waals surface area contributed by atoms with Gasteiger partial charge in [0.1, 0.15) is 17.6 Å². The smallest absolute Gasteiger partial charge is 0.416 e. The lowest BCUT2D eigenvalue weighted by Gasteiger charge is -2.18. The fourth-order valence-corrected chi connectivity index (χ4v) is 4.52. The summed E-state index contributed by atoms with van der Waals surface area (Å²) in [6.45, 7) is 0. The Bertz CT molecular complexity index is 1670. The van der Waals surface area contributed by atoms with E-state index in [2.05, 4.69) is 5.32 Å². The summed E-state index contributed by atoms with van der Waals surface area (Å²) in [7, 11) is 1.09.